The molecule has 0 aliphatic carbocycles. The highest BCUT2D eigenvalue weighted by molar-refractivity contribution is 4.93. The summed E-state index contributed by atoms with van der Waals surface area (Å²) in [6.45, 7) is -0.291. The molecular formula is C10H14N2O5. The van der Waals surface area contributed by atoms with Crippen LogP contribution in [0.2, 0.25) is 0 Å². The van der Waals surface area contributed by atoms with Gasteiger partial charge in [-0.15, -0.1) is 0 Å². The van der Waals surface area contributed by atoms with Crippen molar-refractivity contribution in [3.8, 4) is 0 Å². The largest absolute Gasteiger partial charge is 0.394 e. The Kier molecular flexibility index (Phi) is 3.53. The van der Waals surface area contributed by atoms with E-state index < -0.39 is 30.2 Å². The predicted molar refractivity (Wildman–Crippen MR) is 56.3 cm³/mol. The summed E-state index contributed by atoms with van der Waals surface area (Å²) in [5, 5.41) is 19.1. The smallest absolute Gasteiger partial charge is 0.349 e. The number of ether oxygens (including phenoxy) is 2. The first-order valence-electron chi connectivity index (χ1n) is 5.19. The summed E-state index contributed by atoms with van der Waals surface area (Å²) in [6, 6.07) is 1.56. The number of nitrogens with zero attached hydrogens (tertiary/aromatic N) is 2. The summed E-state index contributed by atoms with van der Waals surface area (Å²) in [6.07, 6.45) is -0.422. The molecule has 7 heteroatoms. The van der Waals surface area contributed by atoms with Crippen molar-refractivity contribution in [2.45, 2.75) is 24.5 Å². The van der Waals surface area contributed by atoms with Gasteiger partial charge in [0, 0.05) is 19.5 Å². The number of hydrogen-bond donors (Lipinski definition) is 2. The van der Waals surface area contributed by atoms with Crippen LogP contribution in [0.4, 0.5) is 0 Å². The highest BCUT2D eigenvalue weighted by atomic mass is 16.6. The summed E-state index contributed by atoms with van der Waals surface area (Å²) < 4.78 is 11.6. The zero-order chi connectivity index (χ0) is 12.4. The monoisotopic (exact) mass is 242 g/mol. The van der Waals surface area contributed by atoms with E-state index >= 15 is 0 Å². The van der Waals surface area contributed by atoms with E-state index in [2.05, 4.69) is 4.98 Å². The van der Waals surface area contributed by atoms with Crippen LogP contribution in [0.25, 0.3) is 0 Å². The fourth-order valence-corrected chi connectivity index (χ4v) is 1.95. The molecule has 2 rings (SSSR count). The van der Waals surface area contributed by atoms with Crippen molar-refractivity contribution in [3.63, 3.8) is 0 Å². The lowest BCUT2D eigenvalue weighted by Gasteiger charge is -2.17. The van der Waals surface area contributed by atoms with Gasteiger partial charge in [-0.05, 0) is 6.07 Å². The lowest BCUT2D eigenvalue weighted by molar-refractivity contribution is -0.0568. The Labute approximate surface area is 97.2 Å². The van der Waals surface area contributed by atoms with E-state index in [-0.39, 0.29) is 6.61 Å². The van der Waals surface area contributed by atoms with Gasteiger partial charge >= 0.3 is 5.69 Å². The van der Waals surface area contributed by atoms with Crippen LogP contribution in [0.5, 0.6) is 0 Å². The molecule has 7 nitrogen and oxygen atoms in total. The van der Waals surface area contributed by atoms with Crippen molar-refractivity contribution >= 4 is 0 Å². The first-order valence-corrected chi connectivity index (χ1v) is 5.19. The van der Waals surface area contributed by atoms with Gasteiger partial charge < -0.3 is 19.7 Å². The minimum Gasteiger partial charge on any atom is -0.394 e. The molecule has 0 saturated carbocycles. The normalized spacial score (nSPS) is 32.9. The third kappa shape index (κ3) is 2.09. The second-order valence-electron chi connectivity index (χ2n) is 3.75. The molecular weight excluding hydrogens is 228 g/mol. The van der Waals surface area contributed by atoms with E-state index in [0.717, 1.165) is 0 Å². The third-order valence-corrected chi connectivity index (χ3v) is 2.77. The van der Waals surface area contributed by atoms with E-state index in [1.165, 1.54) is 24.1 Å². The standard InChI is InChI=1S/C10H14N2O5/c1-16-8-6(5-13)17-9(7(8)14)12-4-2-3-11-10(12)15/h2-4,6-9,13-14H,5H2,1H3/t6-,7+,8?,9-/m1/s1. The molecule has 1 unspecified atom stereocenters. The van der Waals surface area contributed by atoms with Gasteiger partial charge in [-0.3, -0.25) is 4.57 Å². The Morgan fingerprint density at radius 2 is 2.41 bits per heavy atom. The predicted octanol–water partition coefficient (Wildman–Crippen LogP) is -1.49. The summed E-state index contributed by atoms with van der Waals surface area (Å²) in [4.78, 5) is 15.1. The number of aliphatic hydroxyl groups is 2. The minimum absolute atomic E-state index is 0.291. The molecule has 94 valence electrons. The van der Waals surface area contributed by atoms with Crippen LogP contribution >= 0.6 is 0 Å². The zero-order valence-corrected chi connectivity index (χ0v) is 9.26. The fourth-order valence-electron chi connectivity index (χ4n) is 1.95. The second kappa shape index (κ2) is 4.92. The molecule has 2 N–H and O–H groups in total. The number of methoxy groups -OCH3 is 1. The number of aliphatic hydroxyl groups excluding tert-OH is 2. The molecule has 1 aliphatic heterocycles. The molecule has 0 radical (unpaired) electrons. The van der Waals surface area contributed by atoms with Crippen LogP contribution in [0.1, 0.15) is 6.23 Å². The van der Waals surface area contributed by atoms with E-state index in [0.29, 0.717) is 0 Å². The molecule has 1 fully saturated rings. The van der Waals surface area contributed by atoms with Gasteiger partial charge in [0.05, 0.1) is 6.61 Å². The summed E-state index contributed by atoms with van der Waals surface area (Å²) >= 11 is 0. The lowest BCUT2D eigenvalue weighted by atomic mass is 10.1. The Hall–Kier alpha value is -1.28. The van der Waals surface area contributed by atoms with Crippen LogP contribution < -0.4 is 5.69 Å². The average molecular weight is 242 g/mol. The second-order valence-corrected chi connectivity index (χ2v) is 3.75. The SMILES string of the molecule is COC1[C@@H](CO)O[C@@H](n2cccnc2=O)[C@H]1O. The average Bonchev–Trinajstić information content (AvgIpc) is 2.66. The number of rotatable bonds is 3. The molecule has 0 bridgehead atoms. The van der Waals surface area contributed by atoms with Crippen molar-refractivity contribution < 1.29 is 19.7 Å². The van der Waals surface area contributed by atoms with Crippen LogP contribution in [0, 0.1) is 0 Å². The van der Waals surface area contributed by atoms with Gasteiger partial charge in [0.2, 0.25) is 0 Å². The van der Waals surface area contributed by atoms with Gasteiger partial charge in [-0.1, -0.05) is 0 Å². The van der Waals surface area contributed by atoms with Gasteiger partial charge in [0.1, 0.15) is 18.3 Å². The van der Waals surface area contributed by atoms with Gasteiger partial charge in [-0.2, -0.15) is 0 Å². The Morgan fingerprint density at radius 3 is 2.94 bits per heavy atom. The minimum atomic E-state index is -1.03. The highest BCUT2D eigenvalue weighted by Gasteiger charge is 2.44. The molecule has 0 spiro atoms. The Bertz CT molecular complexity index is 435. The fraction of sp³-hybridized carbons (Fsp3) is 0.600. The lowest BCUT2D eigenvalue weighted by Crippen LogP contribution is -2.37. The molecule has 1 aliphatic rings. The number of hydrogen-bond acceptors (Lipinski definition) is 6. The van der Waals surface area contributed by atoms with Gasteiger partial charge in [-0.25, -0.2) is 9.78 Å². The Balaban J connectivity index is 2.30. The molecule has 1 aromatic rings. The molecule has 1 saturated heterocycles. The van der Waals surface area contributed by atoms with Crippen LogP contribution in [0.3, 0.4) is 0 Å². The Morgan fingerprint density at radius 1 is 1.65 bits per heavy atom. The van der Waals surface area contributed by atoms with Gasteiger partial charge in [0.25, 0.3) is 0 Å². The zero-order valence-electron chi connectivity index (χ0n) is 9.26. The summed E-state index contributed by atoms with van der Waals surface area (Å²) in [5.74, 6) is 0. The van der Waals surface area contributed by atoms with E-state index in [9.17, 15) is 9.90 Å². The van der Waals surface area contributed by atoms with Crippen molar-refractivity contribution in [3.05, 3.63) is 28.9 Å². The van der Waals surface area contributed by atoms with Crippen LogP contribution in [0.15, 0.2) is 23.3 Å². The third-order valence-electron chi connectivity index (χ3n) is 2.77. The number of aromatic nitrogens is 2. The van der Waals surface area contributed by atoms with E-state index in [1.54, 1.807) is 6.07 Å². The van der Waals surface area contributed by atoms with E-state index in [4.69, 9.17) is 14.6 Å². The summed E-state index contributed by atoms with van der Waals surface area (Å²) in [7, 11) is 1.41. The maximum atomic E-state index is 11.5. The molecule has 1 aromatic heterocycles. The highest BCUT2D eigenvalue weighted by Crippen LogP contribution is 2.29. The molecule has 0 aromatic carbocycles. The summed E-state index contributed by atoms with van der Waals surface area (Å²) in [5.41, 5.74) is -0.523. The maximum Gasteiger partial charge on any atom is 0.349 e. The van der Waals surface area contributed by atoms with Crippen LogP contribution in [-0.2, 0) is 9.47 Å². The molecule has 2 heterocycles. The van der Waals surface area contributed by atoms with Crippen molar-refractivity contribution in [1.82, 2.24) is 9.55 Å². The topological polar surface area (TPSA) is 93.8 Å². The first-order chi connectivity index (χ1) is 8.19. The quantitative estimate of drug-likeness (QED) is 0.670. The molecule has 17 heavy (non-hydrogen) atoms. The van der Waals surface area contributed by atoms with Gasteiger partial charge in [0.15, 0.2) is 6.23 Å². The van der Waals surface area contributed by atoms with Crippen LogP contribution in [-0.4, -0.2) is 51.8 Å². The van der Waals surface area contributed by atoms with Crippen molar-refractivity contribution in [2.75, 3.05) is 13.7 Å². The van der Waals surface area contributed by atoms with E-state index in [1.807, 2.05) is 0 Å². The first kappa shape index (κ1) is 12.2. The van der Waals surface area contributed by atoms with Crippen molar-refractivity contribution in [2.24, 2.45) is 0 Å². The molecule has 4 atom stereocenters. The molecule has 0 amide bonds. The maximum absolute atomic E-state index is 11.5. The van der Waals surface area contributed by atoms with Crippen molar-refractivity contribution in [1.29, 1.82) is 0 Å².